The molecule has 1 atom stereocenters. The van der Waals surface area contributed by atoms with Crippen LogP contribution in [0.5, 0.6) is 5.75 Å². The predicted molar refractivity (Wildman–Crippen MR) is 109 cm³/mol. The molecule has 1 unspecified atom stereocenters. The molecule has 2 N–H and O–H groups in total. The highest BCUT2D eigenvalue weighted by atomic mass is 32.2. The Bertz CT molecular complexity index is 993. The first-order chi connectivity index (χ1) is 14.7. The number of nitrogens with one attached hydrogen (secondary N) is 2. The Morgan fingerprint density at radius 3 is 2.39 bits per heavy atom. The van der Waals surface area contributed by atoms with Gasteiger partial charge in [-0.3, -0.25) is 19.7 Å². The molecule has 10 heteroatoms. The maximum absolute atomic E-state index is 12.7. The molecule has 1 heterocycles. The average molecular weight is 452 g/mol. The molecule has 3 amide bonds. The Morgan fingerprint density at radius 2 is 1.81 bits per heavy atom. The Morgan fingerprint density at radius 1 is 1.13 bits per heavy atom. The van der Waals surface area contributed by atoms with Gasteiger partial charge in [-0.25, -0.2) is 0 Å². The summed E-state index contributed by atoms with van der Waals surface area (Å²) in [6.45, 7) is 2.12. The van der Waals surface area contributed by atoms with Gasteiger partial charge in [0, 0.05) is 6.54 Å². The Hall–Kier alpha value is -3.01. The van der Waals surface area contributed by atoms with Crippen molar-refractivity contribution in [1.29, 1.82) is 0 Å². The fourth-order valence-corrected chi connectivity index (χ4v) is 3.85. The van der Waals surface area contributed by atoms with E-state index in [2.05, 4.69) is 10.6 Å². The Labute approximate surface area is 180 Å². The SMILES string of the molecule is CCOc1ccc(CC2SC(=O)NC2=O)cc1C(=O)NCc1ccc(C(F)(F)F)cc1. The molecule has 0 bridgehead atoms. The summed E-state index contributed by atoms with van der Waals surface area (Å²) in [6.07, 6.45) is -4.17. The van der Waals surface area contributed by atoms with Crippen molar-refractivity contribution in [3.8, 4) is 5.75 Å². The maximum atomic E-state index is 12.7. The van der Waals surface area contributed by atoms with Gasteiger partial charge in [-0.1, -0.05) is 30.0 Å². The summed E-state index contributed by atoms with van der Waals surface area (Å²) in [5.41, 5.74) is 0.653. The van der Waals surface area contributed by atoms with Gasteiger partial charge in [0.25, 0.3) is 11.1 Å². The van der Waals surface area contributed by atoms with Crippen molar-refractivity contribution in [3.05, 3.63) is 64.7 Å². The van der Waals surface area contributed by atoms with Crippen LogP contribution in [0.15, 0.2) is 42.5 Å². The monoisotopic (exact) mass is 452 g/mol. The van der Waals surface area contributed by atoms with E-state index in [-0.39, 0.29) is 24.4 Å². The first-order valence-corrected chi connectivity index (χ1v) is 10.3. The topological polar surface area (TPSA) is 84.5 Å². The highest BCUT2D eigenvalue weighted by molar-refractivity contribution is 8.15. The van der Waals surface area contributed by atoms with Crippen LogP contribution in [-0.2, 0) is 23.9 Å². The van der Waals surface area contributed by atoms with Crippen LogP contribution >= 0.6 is 11.8 Å². The van der Waals surface area contributed by atoms with E-state index >= 15 is 0 Å². The predicted octanol–water partition coefficient (Wildman–Crippen LogP) is 3.93. The Kier molecular flexibility index (Phi) is 6.89. The molecular weight excluding hydrogens is 433 g/mol. The smallest absolute Gasteiger partial charge is 0.416 e. The van der Waals surface area contributed by atoms with Crippen LogP contribution < -0.4 is 15.4 Å². The molecule has 0 aromatic heterocycles. The Balaban J connectivity index is 1.72. The highest BCUT2D eigenvalue weighted by Gasteiger charge is 2.32. The zero-order valence-electron chi connectivity index (χ0n) is 16.4. The number of rotatable bonds is 7. The van der Waals surface area contributed by atoms with Crippen molar-refractivity contribution >= 4 is 28.8 Å². The van der Waals surface area contributed by atoms with Crippen LogP contribution in [0.4, 0.5) is 18.0 Å². The average Bonchev–Trinajstić information content (AvgIpc) is 3.03. The summed E-state index contributed by atoms with van der Waals surface area (Å²) in [7, 11) is 0. The van der Waals surface area contributed by atoms with Gasteiger partial charge in [0.1, 0.15) is 5.75 Å². The third-order valence-corrected chi connectivity index (χ3v) is 5.49. The second-order valence-electron chi connectivity index (χ2n) is 6.73. The van der Waals surface area contributed by atoms with Gasteiger partial charge < -0.3 is 10.1 Å². The summed E-state index contributed by atoms with van der Waals surface area (Å²) in [6, 6.07) is 9.44. The standard InChI is InChI=1S/C21H19F3N2O4S/c1-2-30-16-8-5-13(10-17-19(28)26-20(29)31-17)9-15(16)18(27)25-11-12-3-6-14(7-4-12)21(22,23)24/h3-9,17H,2,10-11H2,1H3,(H,25,27)(H,26,28,29). The van der Waals surface area contributed by atoms with Crippen LogP contribution in [0, 0.1) is 0 Å². The van der Waals surface area contributed by atoms with Crippen molar-refractivity contribution in [1.82, 2.24) is 10.6 Å². The van der Waals surface area contributed by atoms with Crippen molar-refractivity contribution in [2.45, 2.75) is 31.3 Å². The van der Waals surface area contributed by atoms with E-state index in [4.69, 9.17) is 4.74 Å². The number of hydrogen-bond acceptors (Lipinski definition) is 5. The molecule has 1 aliphatic rings. The normalized spacial score (nSPS) is 16.2. The largest absolute Gasteiger partial charge is 0.493 e. The molecule has 6 nitrogen and oxygen atoms in total. The zero-order chi connectivity index (χ0) is 22.6. The van der Waals surface area contributed by atoms with E-state index in [9.17, 15) is 27.6 Å². The van der Waals surface area contributed by atoms with E-state index in [1.165, 1.54) is 12.1 Å². The zero-order valence-corrected chi connectivity index (χ0v) is 17.2. The van der Waals surface area contributed by atoms with Crippen LogP contribution in [0.2, 0.25) is 0 Å². The molecule has 0 spiro atoms. The fourth-order valence-electron chi connectivity index (χ4n) is 2.99. The third-order valence-electron chi connectivity index (χ3n) is 4.51. The molecule has 2 aromatic rings. The number of thioether (sulfide) groups is 1. The van der Waals surface area contributed by atoms with E-state index < -0.39 is 28.1 Å². The number of carbonyl (C=O) groups is 3. The lowest BCUT2D eigenvalue weighted by Gasteiger charge is -2.14. The minimum atomic E-state index is -4.42. The molecule has 1 saturated heterocycles. The number of halogens is 3. The lowest BCUT2D eigenvalue weighted by molar-refractivity contribution is -0.137. The number of hydrogen-bond donors (Lipinski definition) is 2. The van der Waals surface area contributed by atoms with Gasteiger partial charge in [-0.05, 0) is 48.7 Å². The number of amides is 3. The van der Waals surface area contributed by atoms with E-state index in [0.717, 1.165) is 23.9 Å². The molecule has 31 heavy (non-hydrogen) atoms. The minimum Gasteiger partial charge on any atom is -0.493 e. The van der Waals surface area contributed by atoms with E-state index in [0.29, 0.717) is 23.5 Å². The van der Waals surface area contributed by atoms with Crippen LogP contribution in [0.3, 0.4) is 0 Å². The summed E-state index contributed by atoms with van der Waals surface area (Å²) < 4.78 is 43.5. The molecule has 3 rings (SSSR count). The fraction of sp³-hybridized carbons (Fsp3) is 0.286. The summed E-state index contributed by atoms with van der Waals surface area (Å²) >= 11 is 0.896. The molecule has 2 aromatic carbocycles. The van der Waals surface area contributed by atoms with Gasteiger partial charge in [-0.15, -0.1) is 0 Å². The van der Waals surface area contributed by atoms with Crippen molar-refractivity contribution in [2.75, 3.05) is 6.61 Å². The van der Waals surface area contributed by atoms with Crippen LogP contribution in [0.25, 0.3) is 0 Å². The molecule has 0 aliphatic carbocycles. The van der Waals surface area contributed by atoms with E-state index in [1.807, 2.05) is 0 Å². The van der Waals surface area contributed by atoms with Crippen LogP contribution in [-0.4, -0.2) is 28.9 Å². The number of alkyl halides is 3. The van der Waals surface area contributed by atoms with Gasteiger partial charge in [0.15, 0.2) is 0 Å². The first kappa shape index (κ1) is 22.7. The highest BCUT2D eigenvalue weighted by Crippen LogP contribution is 2.29. The summed E-state index contributed by atoms with van der Waals surface area (Å²) in [5, 5.41) is 3.91. The van der Waals surface area contributed by atoms with Crippen molar-refractivity contribution in [2.24, 2.45) is 0 Å². The lowest BCUT2D eigenvalue weighted by Crippen LogP contribution is -2.26. The molecular formula is C21H19F3N2O4S. The lowest BCUT2D eigenvalue weighted by atomic mass is 10.0. The van der Waals surface area contributed by atoms with Crippen LogP contribution in [0.1, 0.15) is 34.0 Å². The van der Waals surface area contributed by atoms with Gasteiger partial charge in [-0.2, -0.15) is 13.2 Å². The van der Waals surface area contributed by atoms with E-state index in [1.54, 1.807) is 25.1 Å². The minimum absolute atomic E-state index is 0.0299. The second-order valence-corrected chi connectivity index (χ2v) is 7.90. The quantitative estimate of drug-likeness (QED) is 0.665. The third kappa shape index (κ3) is 5.78. The van der Waals surface area contributed by atoms with Gasteiger partial charge in [0.2, 0.25) is 5.91 Å². The second kappa shape index (κ2) is 9.42. The van der Waals surface area contributed by atoms with Gasteiger partial charge in [0.05, 0.1) is 23.0 Å². The van der Waals surface area contributed by atoms with Crippen molar-refractivity contribution < 1.29 is 32.3 Å². The van der Waals surface area contributed by atoms with Crippen molar-refractivity contribution in [3.63, 3.8) is 0 Å². The maximum Gasteiger partial charge on any atom is 0.416 e. The molecule has 164 valence electrons. The number of ether oxygens (including phenoxy) is 1. The molecule has 0 radical (unpaired) electrons. The number of carbonyl (C=O) groups excluding carboxylic acids is 3. The molecule has 0 saturated carbocycles. The number of imide groups is 1. The molecule has 1 aliphatic heterocycles. The summed E-state index contributed by atoms with van der Waals surface area (Å²) in [5.74, 6) is -0.502. The summed E-state index contributed by atoms with van der Waals surface area (Å²) in [4.78, 5) is 35.9. The number of benzene rings is 2. The van der Waals surface area contributed by atoms with Gasteiger partial charge >= 0.3 is 6.18 Å². The first-order valence-electron chi connectivity index (χ1n) is 9.39. The molecule has 1 fully saturated rings.